The predicted octanol–water partition coefficient (Wildman–Crippen LogP) is 1.40. The van der Waals surface area contributed by atoms with Crippen LogP contribution in [0.5, 0.6) is 0 Å². The summed E-state index contributed by atoms with van der Waals surface area (Å²) in [6.45, 7) is 2.35. The third-order valence-electron chi connectivity index (χ3n) is 3.21. The summed E-state index contributed by atoms with van der Waals surface area (Å²) in [5.74, 6) is -1.41. The highest BCUT2D eigenvalue weighted by Gasteiger charge is 2.33. The highest BCUT2D eigenvalue weighted by molar-refractivity contribution is 6.12. The first-order valence-corrected chi connectivity index (χ1v) is 5.95. The summed E-state index contributed by atoms with van der Waals surface area (Å²) < 4.78 is 1.55. The van der Waals surface area contributed by atoms with Gasteiger partial charge < -0.3 is 5.11 Å². The van der Waals surface area contributed by atoms with E-state index in [4.69, 9.17) is 0 Å². The molecule has 1 N–H and O–H groups in total. The standard InChI is InChI=1S/C13H11N3O3/c1-2-16-12-7-4-3-5-14-8(7)6-9(17)10(12)11(15-16)13(18)19/h3-5H,2,6H2,1H3,(H,18,19). The zero-order valence-corrected chi connectivity index (χ0v) is 10.3. The Kier molecular flexibility index (Phi) is 2.45. The average molecular weight is 257 g/mol. The van der Waals surface area contributed by atoms with Crippen LogP contribution in [0.15, 0.2) is 18.3 Å². The summed E-state index contributed by atoms with van der Waals surface area (Å²) in [7, 11) is 0. The molecule has 0 radical (unpaired) electrons. The molecule has 6 nitrogen and oxygen atoms in total. The van der Waals surface area contributed by atoms with E-state index < -0.39 is 5.97 Å². The summed E-state index contributed by atoms with van der Waals surface area (Å²) in [6.07, 6.45) is 1.75. The number of aryl methyl sites for hydroxylation is 1. The Bertz CT molecular complexity index is 703. The van der Waals surface area contributed by atoms with Crippen LogP contribution in [0.1, 0.15) is 33.5 Å². The van der Waals surface area contributed by atoms with Crippen LogP contribution in [-0.2, 0) is 13.0 Å². The first-order valence-electron chi connectivity index (χ1n) is 5.95. The number of carbonyl (C=O) groups excluding carboxylic acids is 1. The smallest absolute Gasteiger partial charge is 0.357 e. The monoisotopic (exact) mass is 257 g/mol. The molecule has 2 aromatic heterocycles. The number of aromatic nitrogens is 3. The number of carboxylic acid groups (broad SMARTS) is 1. The van der Waals surface area contributed by atoms with Crippen LogP contribution in [0, 0.1) is 0 Å². The Morgan fingerprint density at radius 3 is 3.00 bits per heavy atom. The second-order valence-electron chi connectivity index (χ2n) is 4.29. The molecule has 1 aliphatic carbocycles. The number of Topliss-reactive ketones (excluding diaryl/α,β-unsaturated/α-hetero) is 1. The number of carboxylic acids is 1. The van der Waals surface area contributed by atoms with Crippen LogP contribution in [0.2, 0.25) is 0 Å². The van der Waals surface area contributed by atoms with E-state index in [-0.39, 0.29) is 23.5 Å². The molecule has 96 valence electrons. The Hall–Kier alpha value is -2.50. The second-order valence-corrected chi connectivity index (χ2v) is 4.29. The van der Waals surface area contributed by atoms with Gasteiger partial charge in [-0.3, -0.25) is 14.5 Å². The highest BCUT2D eigenvalue weighted by Crippen LogP contribution is 2.34. The number of hydrogen-bond acceptors (Lipinski definition) is 4. The van der Waals surface area contributed by atoms with Crippen molar-refractivity contribution in [1.29, 1.82) is 0 Å². The molecule has 3 rings (SSSR count). The Balaban J connectivity index is 2.37. The maximum absolute atomic E-state index is 12.1. The average Bonchev–Trinajstić information content (AvgIpc) is 2.79. The quantitative estimate of drug-likeness (QED) is 0.879. The molecule has 0 atom stereocenters. The van der Waals surface area contributed by atoms with Crippen molar-refractivity contribution in [3.8, 4) is 11.3 Å². The van der Waals surface area contributed by atoms with E-state index in [0.29, 0.717) is 17.9 Å². The van der Waals surface area contributed by atoms with Crippen LogP contribution in [0.4, 0.5) is 0 Å². The normalized spacial score (nSPS) is 13.0. The first kappa shape index (κ1) is 11.6. The van der Waals surface area contributed by atoms with Crippen molar-refractivity contribution in [3.63, 3.8) is 0 Å². The number of aromatic carboxylic acids is 1. The van der Waals surface area contributed by atoms with E-state index in [1.54, 1.807) is 16.9 Å². The molecular weight excluding hydrogens is 246 g/mol. The van der Waals surface area contributed by atoms with E-state index in [0.717, 1.165) is 5.56 Å². The molecule has 2 heterocycles. The largest absolute Gasteiger partial charge is 0.476 e. The van der Waals surface area contributed by atoms with Gasteiger partial charge in [0, 0.05) is 18.3 Å². The molecule has 0 amide bonds. The third-order valence-corrected chi connectivity index (χ3v) is 3.21. The number of hydrogen-bond donors (Lipinski definition) is 1. The summed E-state index contributed by atoms with van der Waals surface area (Å²) in [6, 6.07) is 3.61. The van der Waals surface area contributed by atoms with E-state index in [1.807, 2.05) is 13.0 Å². The number of rotatable bonds is 2. The van der Waals surface area contributed by atoms with E-state index in [9.17, 15) is 14.7 Å². The maximum atomic E-state index is 12.1. The number of ketones is 1. The minimum Gasteiger partial charge on any atom is -0.476 e. The van der Waals surface area contributed by atoms with Crippen LogP contribution in [-0.4, -0.2) is 31.6 Å². The molecule has 6 heteroatoms. The molecule has 0 unspecified atom stereocenters. The zero-order valence-electron chi connectivity index (χ0n) is 10.3. The number of nitrogens with zero attached hydrogens (tertiary/aromatic N) is 3. The van der Waals surface area contributed by atoms with Gasteiger partial charge in [-0.25, -0.2) is 4.79 Å². The molecule has 19 heavy (non-hydrogen) atoms. The molecule has 0 spiro atoms. The maximum Gasteiger partial charge on any atom is 0.357 e. The van der Waals surface area contributed by atoms with Crippen LogP contribution >= 0.6 is 0 Å². The van der Waals surface area contributed by atoms with Gasteiger partial charge in [-0.1, -0.05) is 0 Å². The summed E-state index contributed by atoms with van der Waals surface area (Å²) >= 11 is 0. The van der Waals surface area contributed by atoms with E-state index >= 15 is 0 Å². The van der Waals surface area contributed by atoms with Gasteiger partial charge in [0.1, 0.15) is 0 Å². The van der Waals surface area contributed by atoms with Gasteiger partial charge in [-0.2, -0.15) is 5.10 Å². The third kappa shape index (κ3) is 1.56. The first-order chi connectivity index (χ1) is 9.13. The lowest BCUT2D eigenvalue weighted by Crippen LogP contribution is -2.16. The molecule has 2 aromatic rings. The summed E-state index contributed by atoms with van der Waals surface area (Å²) in [5, 5.41) is 13.2. The Labute approximate surface area is 108 Å². The fraction of sp³-hybridized carbons (Fsp3) is 0.231. The van der Waals surface area contributed by atoms with E-state index in [1.165, 1.54) is 0 Å². The molecule has 0 bridgehead atoms. The van der Waals surface area contributed by atoms with Gasteiger partial charge in [0.25, 0.3) is 0 Å². The topological polar surface area (TPSA) is 85.1 Å². The Morgan fingerprint density at radius 2 is 2.32 bits per heavy atom. The predicted molar refractivity (Wildman–Crippen MR) is 66.1 cm³/mol. The summed E-state index contributed by atoms with van der Waals surface area (Å²) in [5.41, 5.74) is 2.07. The molecule has 1 aliphatic rings. The van der Waals surface area contributed by atoms with Gasteiger partial charge in [0.15, 0.2) is 11.5 Å². The molecule has 0 saturated heterocycles. The fourth-order valence-corrected chi connectivity index (χ4v) is 2.41. The number of pyridine rings is 1. The molecular formula is C13H11N3O3. The van der Waals surface area contributed by atoms with Crippen molar-refractivity contribution < 1.29 is 14.7 Å². The lowest BCUT2D eigenvalue weighted by atomic mass is 9.91. The lowest BCUT2D eigenvalue weighted by molar-refractivity contribution is 0.0684. The molecule has 0 aliphatic heterocycles. The van der Waals surface area contributed by atoms with Gasteiger partial charge in [0.2, 0.25) is 0 Å². The second kappa shape index (κ2) is 4.01. The number of carbonyl (C=O) groups is 2. The van der Waals surface area contributed by atoms with Crippen molar-refractivity contribution >= 4 is 11.8 Å². The minimum absolute atomic E-state index is 0.124. The van der Waals surface area contributed by atoms with Crippen molar-refractivity contribution in [2.75, 3.05) is 0 Å². The van der Waals surface area contributed by atoms with Crippen LogP contribution in [0.3, 0.4) is 0 Å². The molecule has 0 fully saturated rings. The van der Waals surface area contributed by atoms with Crippen molar-refractivity contribution in [2.24, 2.45) is 0 Å². The van der Waals surface area contributed by atoms with Gasteiger partial charge in [-0.15, -0.1) is 0 Å². The van der Waals surface area contributed by atoms with Gasteiger partial charge >= 0.3 is 5.97 Å². The number of fused-ring (bicyclic) bond motifs is 3. The van der Waals surface area contributed by atoms with Gasteiger partial charge in [-0.05, 0) is 19.1 Å². The molecule has 0 aromatic carbocycles. The molecule has 0 saturated carbocycles. The fourth-order valence-electron chi connectivity index (χ4n) is 2.41. The van der Waals surface area contributed by atoms with Gasteiger partial charge in [0.05, 0.1) is 23.4 Å². The van der Waals surface area contributed by atoms with Crippen molar-refractivity contribution in [1.82, 2.24) is 14.8 Å². The van der Waals surface area contributed by atoms with E-state index in [2.05, 4.69) is 10.1 Å². The summed E-state index contributed by atoms with van der Waals surface area (Å²) in [4.78, 5) is 27.6. The minimum atomic E-state index is -1.18. The van der Waals surface area contributed by atoms with Crippen molar-refractivity contribution in [2.45, 2.75) is 19.9 Å². The van der Waals surface area contributed by atoms with Crippen LogP contribution in [0.25, 0.3) is 11.3 Å². The lowest BCUT2D eigenvalue weighted by Gasteiger charge is -2.16. The highest BCUT2D eigenvalue weighted by atomic mass is 16.4. The SMILES string of the molecule is CCn1nc(C(=O)O)c2c1-c1cccnc1CC2=O. The van der Waals surface area contributed by atoms with Crippen LogP contribution < -0.4 is 0 Å². The Morgan fingerprint density at radius 1 is 1.53 bits per heavy atom. The zero-order chi connectivity index (χ0) is 13.6. The van der Waals surface area contributed by atoms with Crippen molar-refractivity contribution in [3.05, 3.63) is 35.3 Å².